The Bertz CT molecular complexity index is 5560. The number of aliphatic carboxylic acids is 1. The molecule has 2 bridgehead atoms. The lowest BCUT2D eigenvalue weighted by molar-refractivity contribution is -0.346. The van der Waals surface area contributed by atoms with Crippen LogP contribution in [0.25, 0.3) is 0 Å². The van der Waals surface area contributed by atoms with Gasteiger partial charge in [-0.15, -0.1) is 0 Å². The summed E-state index contributed by atoms with van der Waals surface area (Å²) in [5.41, 5.74) is -6.67. The molecule has 140 heavy (non-hydrogen) atoms. The molecular weight excluding hydrogens is 1850 g/mol. The summed E-state index contributed by atoms with van der Waals surface area (Å²) in [5, 5.41) is 50.8. The molecule has 0 radical (unpaired) electrons. The number of hydrogen-bond donors (Lipinski definition) is 12. The number of phosphoric acid groups is 2. The van der Waals surface area contributed by atoms with E-state index in [9.17, 15) is 87.2 Å². The molecule has 758 valence electrons. The second-order valence-corrected chi connectivity index (χ2v) is 43.1. The van der Waals surface area contributed by atoms with Gasteiger partial charge in [-0.25, -0.2) is 28.3 Å². The van der Waals surface area contributed by atoms with Crippen molar-refractivity contribution in [3.8, 4) is 11.5 Å². The van der Waals surface area contributed by atoms with E-state index >= 15 is 14.4 Å². The largest absolute Gasteiger partial charge is 0.524 e. The van der Waals surface area contributed by atoms with Crippen molar-refractivity contribution < 1.29 is 144 Å². The summed E-state index contributed by atoms with van der Waals surface area (Å²) >= 11 is 0. The summed E-state index contributed by atoms with van der Waals surface area (Å²) < 4.78 is 76.6. The van der Waals surface area contributed by atoms with Crippen molar-refractivity contribution in [1.29, 1.82) is 0 Å². The maximum absolute atomic E-state index is 16.1. The number of carboxylic acid groups (broad SMARTS) is 1. The van der Waals surface area contributed by atoms with Gasteiger partial charge in [0.05, 0.1) is 36.0 Å². The van der Waals surface area contributed by atoms with Crippen molar-refractivity contribution in [2.75, 3.05) is 13.2 Å². The van der Waals surface area contributed by atoms with Gasteiger partial charge >= 0.3 is 57.6 Å². The van der Waals surface area contributed by atoms with E-state index in [1.807, 2.05) is 0 Å². The summed E-state index contributed by atoms with van der Waals surface area (Å²) in [7, 11) is -10.0. The number of hydrogen-bond acceptors (Lipinski definition) is 25. The van der Waals surface area contributed by atoms with Gasteiger partial charge < -0.3 is 84.1 Å². The number of allylic oxidation sites excluding steroid dienone is 1. The maximum atomic E-state index is 16.1. The number of nitrogens with one attached hydrogen (secondary N) is 5. The molecule has 5 aromatic rings. The Balaban J connectivity index is 0.733. The van der Waals surface area contributed by atoms with E-state index in [4.69, 9.17) is 37.7 Å². The zero-order chi connectivity index (χ0) is 102. The second kappa shape index (κ2) is 43.8. The van der Waals surface area contributed by atoms with E-state index in [0.717, 1.165) is 39.5 Å². The fourth-order valence-corrected chi connectivity index (χ4v) is 24.7. The number of aliphatic hydroxyl groups is 2. The van der Waals surface area contributed by atoms with Gasteiger partial charge in [-0.05, 0) is 201 Å². The number of carboxylic acids is 1. The molecule has 1 aliphatic heterocycles. The van der Waals surface area contributed by atoms with E-state index in [-0.39, 0.29) is 94.4 Å². The molecule has 13 rings (SSSR count). The Kier molecular flexibility index (Phi) is 33.3. The van der Waals surface area contributed by atoms with Gasteiger partial charge in [0, 0.05) is 69.9 Å². The molecule has 0 spiro atoms. The standard InChI is InChI=1S/C103H131N5O30P2/c1-58(2)24-23-25-59(3)73-43-44-74-72-42-37-68-54-71(47-49-99(68,9)75(72)48-50-100(73,74)10)132-97(122)107-77(52-63-33-38-69(39-34-63)137-139(124,125)126)93(117)105-76(92(116)106-78(94(118)119)53-64-35-40-70(41-36-64)138-140(127,128)129)32-21-22-51-104-82(112)45-46-83(113)134-87(85(65-26-15-12-16-27-65)108-91(115)66-28-17-13-18-29-66)96(121)133-79-56-103(123)90(135-95(120)67-30-19-14-20-31-67)88-101(11,80(111)55-81-102(88,57-130-81)136-62(6)110)89(114)86(131-61(5)109)84(60(79)4)98(103,7)8/h12-20,26-31,33-41,58-59,71-81,85-88,90,111,123H,21-25,32,42-57H2,1-11H3,(H,104,112)(H,105,117)(H,106,116)(H,107,122)(H,108,115)(H,118,119)(H2,124,125,126)(H2,127,128,129)/t59-,71+,72+,73-,74+,75+,76-,77-,78-,79-,80-,81+,85-,86+,87+,88?,90-,99+,100-,101+,102-,103-/m1/s1. The van der Waals surface area contributed by atoms with Gasteiger partial charge in [0.15, 0.2) is 17.5 Å². The third-order valence-electron chi connectivity index (χ3n) is 31.1. The Morgan fingerprint density at radius 2 is 1.22 bits per heavy atom. The van der Waals surface area contributed by atoms with Crippen LogP contribution in [0.15, 0.2) is 162 Å². The average Bonchev–Trinajstić information content (AvgIpc) is 0.764. The third-order valence-corrected chi connectivity index (χ3v) is 32.0. The molecule has 6 fully saturated rings. The normalized spacial score (nSPS) is 28.3. The van der Waals surface area contributed by atoms with Crippen molar-refractivity contribution in [1.82, 2.24) is 26.6 Å². The van der Waals surface area contributed by atoms with E-state index in [1.54, 1.807) is 54.6 Å². The van der Waals surface area contributed by atoms with Crippen LogP contribution in [0.2, 0.25) is 0 Å². The molecule has 5 aromatic carbocycles. The molecule has 0 aromatic heterocycles. The van der Waals surface area contributed by atoms with Gasteiger partial charge in [-0.2, -0.15) is 0 Å². The Morgan fingerprint density at radius 1 is 0.621 bits per heavy atom. The van der Waals surface area contributed by atoms with E-state index in [0.29, 0.717) is 53.9 Å². The molecule has 1 heterocycles. The molecular formula is C103H131N5O30P2. The summed E-state index contributed by atoms with van der Waals surface area (Å²) in [5.74, 6) is -10.2. The molecule has 7 aliphatic carbocycles. The summed E-state index contributed by atoms with van der Waals surface area (Å²) in [6, 6.07) is 26.8. The fourth-order valence-electron chi connectivity index (χ4n) is 23.9. The smallest absolute Gasteiger partial charge is 0.480 e. The number of ketones is 1. The van der Waals surface area contributed by atoms with Gasteiger partial charge in [0.25, 0.3) is 5.91 Å². The number of alkyl carbamates (subject to hydrolysis) is 1. The summed E-state index contributed by atoms with van der Waals surface area (Å²) in [4.78, 5) is 213. The van der Waals surface area contributed by atoms with Crippen LogP contribution in [0, 0.1) is 63.1 Å². The molecule has 1 saturated heterocycles. The molecule has 5 saturated carbocycles. The lowest BCUT2D eigenvalue weighted by Gasteiger charge is -2.67. The van der Waals surface area contributed by atoms with Crippen LogP contribution in [0.3, 0.4) is 0 Å². The minimum Gasteiger partial charge on any atom is -0.480 e. The van der Waals surface area contributed by atoms with Gasteiger partial charge in [0.1, 0.15) is 65.7 Å². The third kappa shape index (κ3) is 23.8. The van der Waals surface area contributed by atoms with Crippen LogP contribution < -0.4 is 35.6 Å². The molecule has 1 unspecified atom stereocenters. The lowest BCUT2D eigenvalue weighted by Crippen LogP contribution is -2.82. The number of ether oxygens (including phenoxy) is 7. The number of Topliss-reactive ketones (excluding diaryl/α,β-unsaturated/α-hetero) is 1. The summed E-state index contributed by atoms with van der Waals surface area (Å²) in [6.07, 6.45) is -2.46. The van der Waals surface area contributed by atoms with Crippen LogP contribution in [0.4, 0.5) is 4.79 Å². The zero-order valence-electron chi connectivity index (χ0n) is 80.7. The predicted octanol–water partition coefficient (Wildman–Crippen LogP) is 12.3. The van der Waals surface area contributed by atoms with Crippen LogP contribution in [0.1, 0.15) is 235 Å². The van der Waals surface area contributed by atoms with Crippen molar-refractivity contribution in [2.45, 2.75) is 283 Å². The van der Waals surface area contributed by atoms with Crippen molar-refractivity contribution in [2.24, 2.45) is 63.1 Å². The number of benzene rings is 5. The van der Waals surface area contributed by atoms with Crippen LogP contribution in [-0.4, -0.2) is 191 Å². The molecule has 37 heteroatoms. The van der Waals surface area contributed by atoms with E-state index in [1.165, 1.54) is 150 Å². The predicted molar refractivity (Wildman–Crippen MR) is 505 cm³/mol. The van der Waals surface area contributed by atoms with Crippen molar-refractivity contribution in [3.63, 3.8) is 0 Å². The molecule has 5 amide bonds. The van der Waals surface area contributed by atoms with Gasteiger partial charge in [0.2, 0.25) is 23.8 Å². The first-order valence-electron chi connectivity index (χ1n) is 48.2. The topological polar surface area (TPSA) is 524 Å². The number of rotatable bonds is 39. The molecule has 12 N–H and O–H groups in total. The van der Waals surface area contributed by atoms with Gasteiger partial charge in [-0.1, -0.05) is 170 Å². The highest BCUT2D eigenvalue weighted by Crippen LogP contribution is 2.69. The average molecular weight is 1980 g/mol. The molecule has 22 atom stereocenters. The highest BCUT2D eigenvalue weighted by molar-refractivity contribution is 7.47. The number of aliphatic hydroxyl groups excluding tert-OH is 1. The Labute approximate surface area is 813 Å². The quantitative estimate of drug-likeness (QED) is 0.00571. The Hall–Kier alpha value is -11.0. The summed E-state index contributed by atoms with van der Waals surface area (Å²) in [6.45, 7) is 19.2. The van der Waals surface area contributed by atoms with Crippen molar-refractivity contribution >= 4 is 87.0 Å². The van der Waals surface area contributed by atoms with Gasteiger partial charge in [-0.3, -0.25) is 57.9 Å². The van der Waals surface area contributed by atoms with Crippen LogP contribution in [-0.2, 0) is 98.3 Å². The minimum atomic E-state index is -5.03. The highest BCUT2D eigenvalue weighted by Gasteiger charge is 2.79. The number of carbonyl (C=O) groups is 12. The van der Waals surface area contributed by atoms with Crippen LogP contribution in [0.5, 0.6) is 11.5 Å². The highest BCUT2D eigenvalue weighted by atomic mass is 31.2. The molecule has 8 aliphatic rings. The number of amides is 5. The SMILES string of the molecule is CC(=O)O[C@@H]1C(=O)[C@]2(C)C([C@@H](OC(=O)c3ccccc3)[C@]3(O)C[C@@H](OC(=O)[C@@H](OC(=O)CCC(=O)NCCCC[C@@H](NC(=O)[C@@H](Cc4ccc(OP(=O)(O)O)cc4)NC(=O)O[C@H]4CC[C@@]5(C)C(=CC[C@H]6[C@@H]7CC[C@H]([C@H](C)CCCC(C)C)[C@@]7(C)CC[C@@H]65)C4)C(=O)N[C@H](Cc4ccc(OP(=O)(O)O)cc4)C(=O)O)[C@H](NC(=O)c4ccccc4)c4ccccc4)C(C)=C1C3(C)C)[C@@]1(OC(C)=O)CO[C@H]1C[C@H]2O. The minimum absolute atomic E-state index is 0.0000910. The van der Waals surface area contributed by atoms with E-state index < -0.39 is 214 Å². The van der Waals surface area contributed by atoms with Crippen LogP contribution >= 0.6 is 15.6 Å². The number of fused-ring (bicyclic) bond motifs is 10. The first-order valence-corrected chi connectivity index (χ1v) is 51.3. The first-order chi connectivity index (χ1) is 66.1. The lowest BCUT2D eigenvalue weighted by atomic mass is 9.44. The number of unbranched alkanes of at least 4 members (excludes halogenated alkanes) is 1. The second-order valence-electron chi connectivity index (χ2n) is 40.7. The first kappa shape index (κ1) is 106. The monoisotopic (exact) mass is 1980 g/mol. The molecule has 35 nitrogen and oxygen atoms in total. The Morgan fingerprint density at radius 3 is 1.81 bits per heavy atom. The van der Waals surface area contributed by atoms with Crippen molar-refractivity contribution in [3.05, 3.63) is 190 Å². The number of carbonyl (C=O) groups excluding carboxylic acids is 11. The number of esters is 5. The maximum Gasteiger partial charge on any atom is 0.524 e. The van der Waals surface area contributed by atoms with E-state index in [2.05, 4.69) is 71.8 Å². The number of phosphoric ester groups is 2. The zero-order valence-corrected chi connectivity index (χ0v) is 82.5. The fraction of sp³-hybridized carbons (Fsp3) is 0.553.